The van der Waals surface area contributed by atoms with Crippen LogP contribution in [0, 0.1) is 0 Å². The minimum absolute atomic E-state index is 0.0821. The third kappa shape index (κ3) is 5.19. The number of hydrogen-bond donors (Lipinski definition) is 1. The maximum atomic E-state index is 12.7. The molecule has 158 valence electrons. The van der Waals surface area contributed by atoms with Crippen LogP contribution in [0.4, 0.5) is 0 Å². The average molecular weight is 427 g/mol. The van der Waals surface area contributed by atoms with Gasteiger partial charge in [-0.05, 0) is 50.6 Å². The highest BCUT2D eigenvalue weighted by atomic mass is 35.5. The Labute approximate surface area is 181 Å². The molecule has 1 aromatic heterocycles. The van der Waals surface area contributed by atoms with Crippen LogP contribution in [0.15, 0.2) is 48.5 Å². The van der Waals surface area contributed by atoms with Gasteiger partial charge in [0.1, 0.15) is 12.4 Å². The number of carbonyl (C=O) groups is 2. The quantitative estimate of drug-likeness (QED) is 0.527. The zero-order valence-corrected chi connectivity index (χ0v) is 18.2. The molecule has 3 aromatic rings. The first kappa shape index (κ1) is 21.8. The van der Waals surface area contributed by atoms with Crippen LogP contribution in [0.3, 0.4) is 0 Å². The summed E-state index contributed by atoms with van der Waals surface area (Å²) in [5.74, 6) is 0.787. The molecule has 0 fully saturated rings. The van der Waals surface area contributed by atoms with E-state index in [0.717, 1.165) is 23.3 Å². The van der Waals surface area contributed by atoms with Gasteiger partial charge in [0.2, 0.25) is 5.91 Å². The summed E-state index contributed by atoms with van der Waals surface area (Å²) < 4.78 is 1.99. The molecule has 3 rings (SSSR count). The first-order chi connectivity index (χ1) is 14.5. The summed E-state index contributed by atoms with van der Waals surface area (Å²) in [6.45, 7) is 6.12. The Morgan fingerprint density at radius 1 is 1.10 bits per heavy atom. The number of aromatic nitrogens is 2. The summed E-state index contributed by atoms with van der Waals surface area (Å²) in [5, 5.41) is 3.45. The molecule has 2 aromatic carbocycles. The number of benzene rings is 2. The number of fused-ring (bicyclic) bond motifs is 1. The van der Waals surface area contributed by atoms with E-state index in [2.05, 4.69) is 5.32 Å². The maximum absolute atomic E-state index is 12.7. The fourth-order valence-corrected chi connectivity index (χ4v) is 3.67. The van der Waals surface area contributed by atoms with E-state index < -0.39 is 0 Å². The van der Waals surface area contributed by atoms with Gasteiger partial charge in [0.15, 0.2) is 0 Å². The van der Waals surface area contributed by atoms with Crippen molar-refractivity contribution in [3.05, 3.63) is 64.9 Å². The molecule has 0 aliphatic heterocycles. The molecule has 2 amide bonds. The molecule has 0 aliphatic carbocycles. The summed E-state index contributed by atoms with van der Waals surface area (Å²) in [6.07, 6.45) is 1.38. The molecule has 0 aliphatic rings. The van der Waals surface area contributed by atoms with Crippen LogP contribution >= 0.6 is 11.6 Å². The number of aryl methyl sites for hydroxylation is 1. The lowest BCUT2D eigenvalue weighted by molar-refractivity contribution is -0.131. The highest BCUT2D eigenvalue weighted by Gasteiger charge is 2.16. The SMILES string of the molecule is CCN(CC)C(=O)Cn1c(CCCNC(=O)c2cccc(Cl)c2)nc2ccccc21. The van der Waals surface area contributed by atoms with Gasteiger partial charge in [0.25, 0.3) is 5.91 Å². The fourth-order valence-electron chi connectivity index (χ4n) is 3.48. The van der Waals surface area contributed by atoms with Crippen molar-refractivity contribution in [1.82, 2.24) is 19.8 Å². The second-order valence-electron chi connectivity index (χ2n) is 7.04. The number of rotatable bonds is 9. The largest absolute Gasteiger partial charge is 0.352 e. The lowest BCUT2D eigenvalue weighted by Gasteiger charge is -2.20. The number of hydrogen-bond acceptors (Lipinski definition) is 3. The monoisotopic (exact) mass is 426 g/mol. The maximum Gasteiger partial charge on any atom is 0.251 e. The van der Waals surface area contributed by atoms with Gasteiger partial charge in [-0.15, -0.1) is 0 Å². The molecular weight excluding hydrogens is 400 g/mol. The van der Waals surface area contributed by atoms with Crippen molar-refractivity contribution in [3.63, 3.8) is 0 Å². The third-order valence-corrected chi connectivity index (χ3v) is 5.33. The van der Waals surface area contributed by atoms with Crippen molar-refractivity contribution in [1.29, 1.82) is 0 Å². The smallest absolute Gasteiger partial charge is 0.251 e. The zero-order chi connectivity index (χ0) is 21.5. The highest BCUT2D eigenvalue weighted by Crippen LogP contribution is 2.18. The average Bonchev–Trinajstić information content (AvgIpc) is 3.09. The van der Waals surface area contributed by atoms with Gasteiger partial charge < -0.3 is 14.8 Å². The number of nitrogens with one attached hydrogen (secondary N) is 1. The number of amides is 2. The molecule has 0 saturated heterocycles. The van der Waals surface area contributed by atoms with Gasteiger partial charge in [-0.1, -0.05) is 29.8 Å². The molecule has 7 heteroatoms. The number of nitrogens with zero attached hydrogens (tertiary/aromatic N) is 3. The molecule has 0 atom stereocenters. The summed E-state index contributed by atoms with van der Waals surface area (Å²) >= 11 is 5.95. The van der Waals surface area contributed by atoms with Crippen LogP contribution in [0.2, 0.25) is 5.02 Å². The molecule has 0 radical (unpaired) electrons. The normalized spacial score (nSPS) is 10.9. The van der Waals surface area contributed by atoms with Crippen molar-refractivity contribution in [3.8, 4) is 0 Å². The van der Waals surface area contributed by atoms with Crippen molar-refractivity contribution >= 4 is 34.4 Å². The predicted octanol–water partition coefficient (Wildman–Crippen LogP) is 3.92. The molecular formula is C23H27ClN4O2. The Morgan fingerprint density at radius 2 is 1.87 bits per heavy atom. The van der Waals surface area contributed by atoms with Crippen molar-refractivity contribution in [2.24, 2.45) is 0 Å². The van der Waals surface area contributed by atoms with Crippen LogP contribution < -0.4 is 5.32 Å². The molecule has 0 unspecified atom stereocenters. The predicted molar refractivity (Wildman–Crippen MR) is 120 cm³/mol. The fraction of sp³-hybridized carbons (Fsp3) is 0.348. The van der Waals surface area contributed by atoms with Crippen LogP contribution in [0.5, 0.6) is 0 Å². The second kappa shape index (κ2) is 10.3. The minimum atomic E-state index is -0.150. The van der Waals surface area contributed by atoms with E-state index in [9.17, 15) is 9.59 Å². The summed E-state index contributed by atoms with van der Waals surface area (Å²) in [5.41, 5.74) is 2.37. The van der Waals surface area contributed by atoms with Crippen LogP contribution in [0.1, 0.15) is 36.5 Å². The van der Waals surface area contributed by atoms with E-state index in [0.29, 0.717) is 36.6 Å². The van der Waals surface area contributed by atoms with Crippen LogP contribution in [0.25, 0.3) is 11.0 Å². The Balaban J connectivity index is 1.66. The molecule has 0 bridgehead atoms. The molecule has 30 heavy (non-hydrogen) atoms. The van der Waals surface area contributed by atoms with E-state index in [1.165, 1.54) is 0 Å². The van der Waals surface area contributed by atoms with E-state index in [1.54, 1.807) is 24.3 Å². The third-order valence-electron chi connectivity index (χ3n) is 5.09. The van der Waals surface area contributed by atoms with Crippen molar-refractivity contribution < 1.29 is 9.59 Å². The second-order valence-corrected chi connectivity index (χ2v) is 7.48. The summed E-state index contributed by atoms with van der Waals surface area (Å²) in [4.78, 5) is 31.5. The molecule has 1 N–H and O–H groups in total. The molecule has 0 spiro atoms. The lowest BCUT2D eigenvalue weighted by atomic mass is 10.2. The summed E-state index contributed by atoms with van der Waals surface area (Å²) in [6, 6.07) is 14.7. The first-order valence-corrected chi connectivity index (χ1v) is 10.7. The Kier molecular flexibility index (Phi) is 7.46. The number of halogens is 1. The number of carbonyl (C=O) groups excluding carboxylic acids is 2. The van der Waals surface area contributed by atoms with Crippen molar-refractivity contribution in [2.45, 2.75) is 33.2 Å². The van der Waals surface area contributed by atoms with Crippen molar-refractivity contribution in [2.75, 3.05) is 19.6 Å². The highest BCUT2D eigenvalue weighted by molar-refractivity contribution is 6.30. The Morgan fingerprint density at radius 3 is 2.60 bits per heavy atom. The topological polar surface area (TPSA) is 67.2 Å². The van der Waals surface area contributed by atoms with Gasteiger partial charge in [0, 0.05) is 36.6 Å². The van der Waals surface area contributed by atoms with Gasteiger partial charge in [-0.3, -0.25) is 9.59 Å². The van der Waals surface area contributed by atoms with Gasteiger partial charge >= 0.3 is 0 Å². The molecule has 6 nitrogen and oxygen atoms in total. The first-order valence-electron chi connectivity index (χ1n) is 10.3. The number of imidazole rings is 1. The lowest BCUT2D eigenvalue weighted by Crippen LogP contribution is -2.33. The van der Waals surface area contributed by atoms with Crippen LogP contribution in [-0.4, -0.2) is 45.9 Å². The van der Waals surface area contributed by atoms with E-state index in [1.807, 2.05) is 47.6 Å². The summed E-state index contributed by atoms with van der Waals surface area (Å²) in [7, 11) is 0. The van der Waals surface area contributed by atoms with Gasteiger partial charge in [-0.25, -0.2) is 4.98 Å². The van der Waals surface area contributed by atoms with Gasteiger partial charge in [0.05, 0.1) is 11.0 Å². The number of likely N-dealkylation sites (N-methyl/N-ethyl adjacent to an activating group) is 1. The standard InChI is InChI=1S/C23H27ClN4O2/c1-3-27(4-2)22(29)16-28-20-12-6-5-11-19(20)26-21(28)13-8-14-25-23(30)17-9-7-10-18(24)15-17/h5-7,9-12,15H,3-4,8,13-14,16H2,1-2H3,(H,25,30). The Bertz CT molecular complexity index is 1030. The molecule has 1 heterocycles. The number of para-hydroxylation sites is 2. The zero-order valence-electron chi connectivity index (χ0n) is 17.4. The Hall–Kier alpha value is -2.86. The van der Waals surface area contributed by atoms with E-state index in [4.69, 9.17) is 16.6 Å². The minimum Gasteiger partial charge on any atom is -0.352 e. The van der Waals surface area contributed by atoms with E-state index in [-0.39, 0.29) is 18.4 Å². The van der Waals surface area contributed by atoms with E-state index >= 15 is 0 Å². The van der Waals surface area contributed by atoms with Crippen LogP contribution in [-0.2, 0) is 17.8 Å². The van der Waals surface area contributed by atoms with Gasteiger partial charge in [-0.2, -0.15) is 0 Å². The molecule has 0 saturated carbocycles.